The maximum atomic E-state index is 13.4. The van der Waals surface area contributed by atoms with Gasteiger partial charge in [-0.1, -0.05) is 17.8 Å². The molecular weight excluding hydrogens is 392 g/mol. The van der Waals surface area contributed by atoms with Gasteiger partial charge in [-0.05, 0) is 31.5 Å². The van der Waals surface area contributed by atoms with E-state index in [0.717, 1.165) is 0 Å². The van der Waals surface area contributed by atoms with E-state index >= 15 is 0 Å². The minimum Gasteiger partial charge on any atom is -0.395 e. The molecule has 0 radical (unpaired) electrons. The van der Waals surface area contributed by atoms with Gasteiger partial charge in [0, 0.05) is 13.5 Å². The summed E-state index contributed by atoms with van der Waals surface area (Å²) in [6, 6.07) is 5.69. The summed E-state index contributed by atoms with van der Waals surface area (Å²) in [5, 5.41) is 9.92. The van der Waals surface area contributed by atoms with Crippen LogP contribution in [0.4, 0.5) is 8.78 Å². The van der Waals surface area contributed by atoms with E-state index in [4.69, 9.17) is 0 Å². The van der Waals surface area contributed by atoms with Gasteiger partial charge in [-0.2, -0.15) is 5.26 Å². The molecule has 0 N–H and O–H groups in total. The maximum absolute atomic E-state index is 13.4. The third-order valence-corrected chi connectivity index (χ3v) is 7.82. The van der Waals surface area contributed by atoms with Crippen molar-refractivity contribution in [2.75, 3.05) is 7.05 Å². The number of fused-ring (bicyclic) bond motifs is 2. The molecule has 2 bridgehead atoms. The van der Waals surface area contributed by atoms with Crippen LogP contribution in [-0.2, 0) is 9.59 Å². The molecule has 1 aromatic rings. The summed E-state index contributed by atoms with van der Waals surface area (Å²) in [5.74, 6) is -0.781. The highest BCUT2D eigenvalue weighted by Crippen LogP contribution is 2.69. The number of rotatable bonds is 1. The highest BCUT2D eigenvalue weighted by Gasteiger charge is 2.78. The van der Waals surface area contributed by atoms with Crippen molar-refractivity contribution in [3.05, 3.63) is 23.8 Å². The van der Waals surface area contributed by atoms with Crippen molar-refractivity contribution in [1.82, 2.24) is 9.80 Å². The summed E-state index contributed by atoms with van der Waals surface area (Å²) >= 11 is 1.24. The van der Waals surface area contributed by atoms with Crippen LogP contribution in [-0.4, -0.2) is 44.7 Å². The topological polar surface area (TPSA) is 82.9 Å². The average Bonchev–Trinajstić information content (AvgIpc) is 3.21. The van der Waals surface area contributed by atoms with Crippen LogP contribution < -0.4 is 9.47 Å². The summed E-state index contributed by atoms with van der Waals surface area (Å²) in [5.41, 5.74) is -0.636. The molecule has 0 aliphatic carbocycles. The molecule has 4 aliphatic rings. The first-order chi connectivity index (χ1) is 13.0. The van der Waals surface area contributed by atoms with E-state index in [1.54, 1.807) is 20.9 Å². The van der Waals surface area contributed by atoms with Crippen molar-refractivity contribution in [3.8, 4) is 17.6 Å². The number of hydrogen-bond acceptors (Lipinski definition) is 6. The number of alkyl halides is 2. The van der Waals surface area contributed by atoms with Crippen molar-refractivity contribution >= 4 is 23.6 Å². The SMILES string of the molecule is CN1C(=O)[C@@]23C[C@](C)(C#N)C(c4ccc5c(c4)OC(F)(F)O5)N2C(=O)[C@]1(C)S3. The van der Waals surface area contributed by atoms with Gasteiger partial charge in [0.15, 0.2) is 21.2 Å². The highest BCUT2D eigenvalue weighted by molar-refractivity contribution is 8.04. The molecule has 146 valence electrons. The van der Waals surface area contributed by atoms with Crippen LogP contribution in [0.1, 0.15) is 31.9 Å². The second-order valence-electron chi connectivity index (χ2n) is 7.89. The van der Waals surface area contributed by atoms with Gasteiger partial charge in [0.1, 0.15) is 0 Å². The van der Waals surface area contributed by atoms with E-state index in [0.29, 0.717) is 5.56 Å². The van der Waals surface area contributed by atoms with Crippen LogP contribution in [0, 0.1) is 16.7 Å². The molecule has 4 atom stereocenters. The first-order valence-corrected chi connectivity index (χ1v) is 9.42. The Hall–Kier alpha value is -2.54. The van der Waals surface area contributed by atoms with E-state index in [1.807, 2.05) is 0 Å². The minimum atomic E-state index is -3.76. The summed E-state index contributed by atoms with van der Waals surface area (Å²) < 4.78 is 35.7. The van der Waals surface area contributed by atoms with Gasteiger partial charge in [-0.3, -0.25) is 9.59 Å². The number of nitriles is 1. The average molecular weight is 407 g/mol. The van der Waals surface area contributed by atoms with E-state index < -0.39 is 27.5 Å². The quantitative estimate of drug-likeness (QED) is 0.711. The van der Waals surface area contributed by atoms with Gasteiger partial charge in [-0.25, -0.2) is 0 Å². The molecule has 1 spiro atoms. The summed E-state index contributed by atoms with van der Waals surface area (Å²) in [6.45, 7) is 3.37. The Labute approximate surface area is 163 Å². The number of likely N-dealkylation sites (N-methyl/N-ethyl adjacent to an activating group) is 1. The van der Waals surface area contributed by atoms with E-state index in [2.05, 4.69) is 15.5 Å². The standard InChI is InChI=1S/C18H15F2N3O4S/c1-15(8-21)7-17-14(25)22(3)16(2,28-17)13(24)23(17)12(15)9-4-5-10-11(6-9)27-18(19,20)26-10/h4-6,12H,7H2,1-3H3/t12?,15-,16+,17+/m1/s1. The van der Waals surface area contributed by atoms with Crippen molar-refractivity contribution in [2.24, 2.45) is 5.41 Å². The van der Waals surface area contributed by atoms with Crippen molar-refractivity contribution in [3.63, 3.8) is 0 Å². The lowest BCUT2D eigenvalue weighted by molar-refractivity contribution is -0.286. The molecule has 28 heavy (non-hydrogen) atoms. The Balaban J connectivity index is 1.66. The highest BCUT2D eigenvalue weighted by atomic mass is 32.2. The zero-order chi connectivity index (χ0) is 20.3. The predicted octanol–water partition coefficient (Wildman–Crippen LogP) is 2.44. The van der Waals surface area contributed by atoms with Crippen molar-refractivity contribution in [1.29, 1.82) is 5.26 Å². The van der Waals surface area contributed by atoms with Gasteiger partial charge in [0.25, 0.3) is 11.8 Å². The molecule has 4 heterocycles. The number of thioether (sulfide) groups is 1. The molecule has 3 saturated heterocycles. The van der Waals surface area contributed by atoms with Gasteiger partial charge in [0.05, 0.1) is 17.5 Å². The molecule has 3 fully saturated rings. The number of piperazine rings is 1. The van der Waals surface area contributed by atoms with Gasteiger partial charge in [-0.15, -0.1) is 8.78 Å². The first-order valence-electron chi connectivity index (χ1n) is 8.61. The molecule has 1 aromatic carbocycles. The molecule has 5 rings (SSSR count). The number of carbonyl (C=O) groups excluding carboxylic acids is 2. The maximum Gasteiger partial charge on any atom is 0.586 e. The second-order valence-corrected chi connectivity index (χ2v) is 9.57. The fraction of sp³-hybridized carbons (Fsp3) is 0.500. The molecule has 2 amide bonds. The molecule has 10 heteroatoms. The number of hydrogen-bond donors (Lipinski definition) is 0. The lowest BCUT2D eigenvalue weighted by Crippen LogP contribution is -2.60. The third kappa shape index (κ3) is 1.78. The zero-order valence-corrected chi connectivity index (χ0v) is 16.0. The zero-order valence-electron chi connectivity index (χ0n) is 15.2. The Bertz CT molecular complexity index is 1010. The van der Waals surface area contributed by atoms with Crippen LogP contribution in [0.5, 0.6) is 11.5 Å². The third-order valence-electron chi connectivity index (χ3n) is 6.12. The van der Waals surface area contributed by atoms with Gasteiger partial charge < -0.3 is 19.3 Å². The summed E-state index contributed by atoms with van der Waals surface area (Å²) in [6.07, 6.45) is -3.61. The van der Waals surface area contributed by atoms with E-state index in [9.17, 15) is 23.6 Å². The fourth-order valence-corrected chi connectivity index (χ4v) is 6.72. The molecule has 0 aromatic heterocycles. The largest absolute Gasteiger partial charge is 0.586 e. The van der Waals surface area contributed by atoms with Gasteiger partial charge >= 0.3 is 6.29 Å². The van der Waals surface area contributed by atoms with E-state index in [-0.39, 0.29) is 29.7 Å². The number of nitrogens with zero attached hydrogens (tertiary/aromatic N) is 3. The summed E-state index contributed by atoms with van der Waals surface area (Å²) in [4.78, 5) is 27.0. The number of benzene rings is 1. The Kier molecular flexibility index (Phi) is 2.95. The van der Waals surface area contributed by atoms with Gasteiger partial charge in [0.2, 0.25) is 0 Å². The van der Waals surface area contributed by atoms with E-state index in [1.165, 1.54) is 39.8 Å². The van der Waals surface area contributed by atoms with Crippen molar-refractivity contribution < 1.29 is 27.8 Å². The Morgan fingerprint density at radius 2 is 1.89 bits per heavy atom. The first kappa shape index (κ1) is 17.6. The van der Waals surface area contributed by atoms with Crippen LogP contribution in [0.2, 0.25) is 0 Å². The number of amides is 2. The monoisotopic (exact) mass is 407 g/mol. The number of halogens is 2. The minimum absolute atomic E-state index is 0.119. The lowest BCUT2D eigenvalue weighted by atomic mass is 9.79. The molecular formula is C18H15F2N3O4S. The second kappa shape index (κ2) is 4.71. The van der Waals surface area contributed by atoms with Crippen LogP contribution >= 0.6 is 11.8 Å². The van der Waals surface area contributed by atoms with Crippen molar-refractivity contribution in [2.45, 2.75) is 42.3 Å². The number of ether oxygens (including phenoxy) is 2. The molecule has 7 nitrogen and oxygen atoms in total. The smallest absolute Gasteiger partial charge is 0.395 e. The molecule has 4 aliphatic heterocycles. The fourth-order valence-electron chi connectivity index (χ4n) is 4.78. The predicted molar refractivity (Wildman–Crippen MR) is 92.1 cm³/mol. The van der Waals surface area contributed by atoms with Crippen LogP contribution in [0.15, 0.2) is 18.2 Å². The van der Waals surface area contributed by atoms with Crippen LogP contribution in [0.25, 0.3) is 0 Å². The lowest BCUT2D eigenvalue weighted by Gasteiger charge is -2.40. The van der Waals surface area contributed by atoms with Crippen LogP contribution in [0.3, 0.4) is 0 Å². The Morgan fingerprint density at radius 1 is 1.21 bits per heavy atom. The summed E-state index contributed by atoms with van der Waals surface area (Å²) in [7, 11) is 1.58. The molecule has 0 saturated carbocycles. The normalized spacial score (nSPS) is 39.5. The number of carbonyl (C=O) groups is 2. The molecule has 1 unspecified atom stereocenters. The Morgan fingerprint density at radius 3 is 2.57 bits per heavy atom.